The molecule has 3 aromatic rings. The highest BCUT2D eigenvalue weighted by molar-refractivity contribution is 5.79. The largest absolute Gasteiger partial charge is 0.497 e. The highest BCUT2D eigenvalue weighted by Crippen LogP contribution is 2.25. The van der Waals surface area contributed by atoms with Gasteiger partial charge in [0.1, 0.15) is 17.3 Å². The van der Waals surface area contributed by atoms with E-state index in [0.717, 1.165) is 35.4 Å². The molecule has 0 saturated carbocycles. The van der Waals surface area contributed by atoms with Crippen molar-refractivity contribution >= 4 is 5.96 Å². The van der Waals surface area contributed by atoms with E-state index in [0.29, 0.717) is 31.1 Å². The summed E-state index contributed by atoms with van der Waals surface area (Å²) in [4.78, 5) is 11.2. The molecule has 1 aromatic carbocycles. The van der Waals surface area contributed by atoms with E-state index in [2.05, 4.69) is 25.4 Å². The zero-order valence-electron chi connectivity index (χ0n) is 17.8. The standard InChI is InChI=1S/C21H28N6O3/c1-5-22-21(27(2)14-15-8-9-16(28-3)13-18(15)29-4)23-11-10-19-24-20(26-25-19)17-7-6-12-30-17/h6-9,12-13H,5,10-11,14H2,1-4H3,(H,22,23)(H,24,25,26). The first kappa shape index (κ1) is 21.2. The van der Waals surface area contributed by atoms with Crippen molar-refractivity contribution in [2.24, 2.45) is 4.99 Å². The van der Waals surface area contributed by atoms with Crippen molar-refractivity contribution in [3.05, 3.63) is 48.0 Å². The van der Waals surface area contributed by atoms with Crippen molar-refractivity contribution in [3.8, 4) is 23.1 Å². The number of furan rings is 1. The van der Waals surface area contributed by atoms with Gasteiger partial charge in [0.05, 0.1) is 20.5 Å². The molecule has 0 saturated heterocycles. The fraction of sp³-hybridized carbons (Fsp3) is 0.381. The summed E-state index contributed by atoms with van der Waals surface area (Å²) in [6, 6.07) is 9.45. The minimum atomic E-state index is 0.551. The van der Waals surface area contributed by atoms with Crippen molar-refractivity contribution in [1.29, 1.82) is 0 Å². The summed E-state index contributed by atoms with van der Waals surface area (Å²) in [6.07, 6.45) is 2.24. The van der Waals surface area contributed by atoms with Crippen LogP contribution in [0.2, 0.25) is 0 Å². The molecule has 30 heavy (non-hydrogen) atoms. The maximum atomic E-state index is 5.51. The van der Waals surface area contributed by atoms with E-state index in [4.69, 9.17) is 18.9 Å². The van der Waals surface area contributed by atoms with E-state index >= 15 is 0 Å². The van der Waals surface area contributed by atoms with Crippen LogP contribution in [0.5, 0.6) is 11.5 Å². The summed E-state index contributed by atoms with van der Waals surface area (Å²) in [7, 11) is 5.29. The quantitative estimate of drug-likeness (QED) is 0.412. The second-order valence-corrected chi connectivity index (χ2v) is 6.60. The monoisotopic (exact) mass is 412 g/mol. The van der Waals surface area contributed by atoms with Crippen molar-refractivity contribution in [3.63, 3.8) is 0 Å². The molecule has 0 atom stereocenters. The fourth-order valence-electron chi connectivity index (χ4n) is 2.97. The first-order valence-electron chi connectivity index (χ1n) is 9.80. The number of guanidine groups is 1. The third-order valence-electron chi connectivity index (χ3n) is 4.48. The number of methoxy groups -OCH3 is 2. The maximum absolute atomic E-state index is 5.51. The number of hydrogen-bond acceptors (Lipinski definition) is 6. The predicted molar refractivity (Wildman–Crippen MR) is 115 cm³/mol. The van der Waals surface area contributed by atoms with Gasteiger partial charge in [-0.15, -0.1) is 0 Å². The van der Waals surface area contributed by atoms with Crippen molar-refractivity contribution in [1.82, 2.24) is 25.4 Å². The Morgan fingerprint density at radius 3 is 2.83 bits per heavy atom. The van der Waals surface area contributed by atoms with Crippen LogP contribution in [-0.2, 0) is 13.0 Å². The minimum Gasteiger partial charge on any atom is -0.497 e. The number of hydrogen-bond donors (Lipinski definition) is 2. The van der Waals surface area contributed by atoms with Gasteiger partial charge < -0.3 is 24.1 Å². The molecule has 2 heterocycles. The lowest BCUT2D eigenvalue weighted by Crippen LogP contribution is -2.38. The normalized spacial score (nSPS) is 11.4. The third-order valence-corrected chi connectivity index (χ3v) is 4.48. The van der Waals surface area contributed by atoms with Gasteiger partial charge in [-0.25, -0.2) is 4.98 Å². The van der Waals surface area contributed by atoms with E-state index in [1.54, 1.807) is 20.5 Å². The predicted octanol–water partition coefficient (Wildman–Crippen LogP) is 2.72. The number of nitrogens with zero attached hydrogens (tertiary/aromatic N) is 4. The molecular weight excluding hydrogens is 384 g/mol. The second kappa shape index (κ2) is 10.3. The number of aliphatic imine (C=N–C) groups is 1. The zero-order valence-corrected chi connectivity index (χ0v) is 17.8. The first-order valence-corrected chi connectivity index (χ1v) is 9.80. The average Bonchev–Trinajstić information content (AvgIpc) is 3.45. The lowest BCUT2D eigenvalue weighted by Gasteiger charge is -2.23. The van der Waals surface area contributed by atoms with E-state index in [-0.39, 0.29) is 0 Å². The van der Waals surface area contributed by atoms with Crippen LogP contribution in [0.3, 0.4) is 0 Å². The molecule has 0 aliphatic rings. The molecule has 0 bridgehead atoms. The Morgan fingerprint density at radius 2 is 2.13 bits per heavy atom. The Balaban J connectivity index is 1.63. The van der Waals surface area contributed by atoms with Gasteiger partial charge in [-0.05, 0) is 31.2 Å². The Bertz CT molecular complexity index is 952. The molecule has 0 aliphatic carbocycles. The van der Waals surface area contributed by atoms with Crippen molar-refractivity contribution < 1.29 is 13.9 Å². The maximum Gasteiger partial charge on any atom is 0.216 e. The third kappa shape index (κ3) is 5.31. The summed E-state index contributed by atoms with van der Waals surface area (Å²) in [5.74, 6) is 4.31. The van der Waals surface area contributed by atoms with Crippen LogP contribution in [0, 0.1) is 0 Å². The first-order chi connectivity index (χ1) is 14.6. The van der Waals surface area contributed by atoms with Crippen LogP contribution in [0.1, 0.15) is 18.3 Å². The van der Waals surface area contributed by atoms with E-state index in [1.807, 2.05) is 44.3 Å². The average molecular weight is 412 g/mol. The van der Waals surface area contributed by atoms with E-state index in [9.17, 15) is 0 Å². The number of aromatic amines is 1. The molecule has 9 nitrogen and oxygen atoms in total. The van der Waals surface area contributed by atoms with Crippen LogP contribution in [0.15, 0.2) is 46.0 Å². The van der Waals surface area contributed by atoms with Gasteiger partial charge in [0.25, 0.3) is 0 Å². The van der Waals surface area contributed by atoms with Crippen molar-refractivity contribution in [2.75, 3.05) is 34.4 Å². The molecule has 0 fully saturated rings. The number of aromatic nitrogens is 3. The molecule has 0 radical (unpaired) electrons. The lowest BCUT2D eigenvalue weighted by molar-refractivity contribution is 0.382. The van der Waals surface area contributed by atoms with Gasteiger partial charge in [0.2, 0.25) is 5.82 Å². The SMILES string of the molecule is CCNC(=NCCc1nc(-c2ccco2)n[nH]1)N(C)Cc1ccc(OC)cc1OC. The molecule has 0 unspecified atom stereocenters. The van der Waals surface area contributed by atoms with Gasteiger partial charge in [-0.1, -0.05) is 0 Å². The molecule has 160 valence electrons. The van der Waals surface area contributed by atoms with Crippen LogP contribution in [0.4, 0.5) is 0 Å². The fourth-order valence-corrected chi connectivity index (χ4v) is 2.97. The number of ether oxygens (including phenoxy) is 2. The molecule has 0 spiro atoms. The van der Waals surface area contributed by atoms with Gasteiger partial charge in [-0.3, -0.25) is 10.1 Å². The lowest BCUT2D eigenvalue weighted by atomic mass is 10.2. The highest BCUT2D eigenvalue weighted by atomic mass is 16.5. The number of benzene rings is 1. The summed E-state index contributed by atoms with van der Waals surface area (Å²) >= 11 is 0. The summed E-state index contributed by atoms with van der Waals surface area (Å²) < 4.78 is 16.1. The second-order valence-electron chi connectivity index (χ2n) is 6.60. The number of nitrogens with one attached hydrogen (secondary N) is 2. The van der Waals surface area contributed by atoms with Gasteiger partial charge in [-0.2, -0.15) is 5.10 Å². The van der Waals surface area contributed by atoms with E-state index < -0.39 is 0 Å². The van der Waals surface area contributed by atoms with Crippen LogP contribution in [0.25, 0.3) is 11.6 Å². The Kier molecular flexibility index (Phi) is 7.31. The van der Waals surface area contributed by atoms with Crippen LogP contribution < -0.4 is 14.8 Å². The van der Waals surface area contributed by atoms with Crippen molar-refractivity contribution in [2.45, 2.75) is 19.9 Å². The minimum absolute atomic E-state index is 0.551. The molecule has 0 aliphatic heterocycles. The molecule has 9 heteroatoms. The summed E-state index contributed by atoms with van der Waals surface area (Å²) in [5.41, 5.74) is 1.05. The van der Waals surface area contributed by atoms with Crippen LogP contribution >= 0.6 is 0 Å². The van der Waals surface area contributed by atoms with Gasteiger partial charge >= 0.3 is 0 Å². The Morgan fingerprint density at radius 1 is 1.27 bits per heavy atom. The van der Waals surface area contributed by atoms with E-state index in [1.165, 1.54) is 0 Å². The van der Waals surface area contributed by atoms with Gasteiger partial charge in [0, 0.05) is 44.7 Å². The molecule has 3 rings (SSSR count). The summed E-state index contributed by atoms with van der Waals surface area (Å²) in [6.45, 7) is 4.03. The Hall–Kier alpha value is -3.49. The number of H-pyrrole nitrogens is 1. The summed E-state index contributed by atoms with van der Waals surface area (Å²) in [5, 5.41) is 10.5. The Labute approximate surface area is 176 Å². The zero-order chi connectivity index (χ0) is 21.3. The highest BCUT2D eigenvalue weighted by Gasteiger charge is 2.12. The van der Waals surface area contributed by atoms with Crippen LogP contribution in [-0.4, -0.2) is 60.4 Å². The molecule has 2 aromatic heterocycles. The smallest absolute Gasteiger partial charge is 0.216 e. The topological polar surface area (TPSA) is 101 Å². The van der Waals surface area contributed by atoms with Gasteiger partial charge in [0.15, 0.2) is 11.7 Å². The molecule has 2 N–H and O–H groups in total. The number of rotatable bonds is 9. The molecular formula is C21H28N6O3. The molecule has 0 amide bonds.